The van der Waals surface area contributed by atoms with E-state index in [4.69, 9.17) is 9.47 Å². The third-order valence-corrected chi connectivity index (χ3v) is 1.66. The average molecular weight is 164 g/mol. The van der Waals surface area contributed by atoms with Crippen LogP contribution in [0.2, 0.25) is 0 Å². The molecule has 2 nitrogen and oxygen atoms in total. The molecule has 12 heavy (non-hydrogen) atoms. The van der Waals surface area contributed by atoms with E-state index in [0.717, 1.165) is 11.3 Å². The van der Waals surface area contributed by atoms with Crippen LogP contribution in [0.4, 0.5) is 0 Å². The Kier molecular flexibility index (Phi) is 2.75. The molecule has 0 saturated heterocycles. The molecule has 0 amide bonds. The molecule has 0 saturated carbocycles. The molecule has 0 aliphatic carbocycles. The van der Waals surface area contributed by atoms with Crippen molar-refractivity contribution in [3.8, 4) is 5.75 Å². The first-order valence-electron chi connectivity index (χ1n) is 3.65. The quantitative estimate of drug-likeness (QED) is 0.638. The lowest BCUT2D eigenvalue weighted by Gasteiger charge is -2.04. The number of hydrogen-bond acceptors (Lipinski definition) is 2. The van der Waals surface area contributed by atoms with Gasteiger partial charge in [0.05, 0.1) is 14.2 Å². The van der Waals surface area contributed by atoms with Crippen molar-refractivity contribution in [1.29, 1.82) is 0 Å². The van der Waals surface area contributed by atoms with E-state index in [0.29, 0.717) is 5.76 Å². The van der Waals surface area contributed by atoms with Gasteiger partial charge in [0, 0.05) is 5.56 Å². The highest BCUT2D eigenvalue weighted by Gasteiger charge is 1.97. The lowest BCUT2D eigenvalue weighted by Crippen LogP contribution is -1.86. The van der Waals surface area contributed by atoms with Crippen LogP contribution in [-0.2, 0) is 4.74 Å². The molecule has 2 heteroatoms. The Balaban J connectivity index is 2.84. The van der Waals surface area contributed by atoms with Crippen LogP contribution in [-0.4, -0.2) is 14.2 Å². The molecule has 0 unspecified atom stereocenters. The second kappa shape index (κ2) is 3.81. The van der Waals surface area contributed by atoms with E-state index >= 15 is 0 Å². The summed E-state index contributed by atoms with van der Waals surface area (Å²) in [6, 6.07) is 7.56. The van der Waals surface area contributed by atoms with E-state index in [-0.39, 0.29) is 0 Å². The lowest BCUT2D eigenvalue weighted by atomic mass is 10.2. The molecule has 1 aromatic rings. The molecule has 64 valence electrons. The molecule has 0 aromatic heterocycles. The molecular weight excluding hydrogens is 152 g/mol. The molecule has 0 bridgehead atoms. The van der Waals surface area contributed by atoms with Crippen molar-refractivity contribution in [3.05, 3.63) is 36.4 Å². The van der Waals surface area contributed by atoms with Crippen molar-refractivity contribution < 1.29 is 9.47 Å². The van der Waals surface area contributed by atoms with Crippen LogP contribution < -0.4 is 4.74 Å². The third-order valence-electron chi connectivity index (χ3n) is 1.66. The number of rotatable bonds is 3. The maximum atomic E-state index is 5.01. The van der Waals surface area contributed by atoms with Crippen LogP contribution in [0.1, 0.15) is 5.56 Å². The van der Waals surface area contributed by atoms with Gasteiger partial charge in [0.1, 0.15) is 11.5 Å². The van der Waals surface area contributed by atoms with E-state index in [9.17, 15) is 0 Å². The topological polar surface area (TPSA) is 18.5 Å². The third kappa shape index (κ3) is 1.78. The number of ether oxygens (including phenoxy) is 2. The first-order chi connectivity index (χ1) is 5.77. The Labute approximate surface area is 72.4 Å². The molecule has 1 rings (SSSR count). The van der Waals surface area contributed by atoms with Crippen LogP contribution in [0.15, 0.2) is 30.8 Å². The molecule has 0 atom stereocenters. The summed E-state index contributed by atoms with van der Waals surface area (Å²) >= 11 is 0. The van der Waals surface area contributed by atoms with Crippen molar-refractivity contribution in [2.45, 2.75) is 0 Å². The largest absolute Gasteiger partial charge is 0.497 e. The second-order valence-electron chi connectivity index (χ2n) is 2.36. The summed E-state index contributed by atoms with van der Waals surface area (Å²) in [5, 5.41) is 0. The second-order valence-corrected chi connectivity index (χ2v) is 2.36. The van der Waals surface area contributed by atoms with Gasteiger partial charge in [-0.3, -0.25) is 0 Å². The van der Waals surface area contributed by atoms with Gasteiger partial charge in [0.15, 0.2) is 0 Å². The standard InChI is InChI=1S/C10H12O2/c1-8(11-2)9-4-6-10(12-3)7-5-9/h4-7H,1H2,2-3H3. The van der Waals surface area contributed by atoms with Crippen molar-refractivity contribution in [1.82, 2.24) is 0 Å². The Morgan fingerprint density at radius 2 is 1.75 bits per heavy atom. The summed E-state index contributed by atoms with van der Waals surface area (Å²) in [6.45, 7) is 3.74. The van der Waals surface area contributed by atoms with E-state index in [1.54, 1.807) is 14.2 Å². The van der Waals surface area contributed by atoms with Gasteiger partial charge in [0.2, 0.25) is 0 Å². The van der Waals surface area contributed by atoms with Gasteiger partial charge in [-0.1, -0.05) is 6.58 Å². The maximum absolute atomic E-state index is 5.01. The molecule has 1 aromatic carbocycles. The van der Waals surface area contributed by atoms with Gasteiger partial charge < -0.3 is 9.47 Å². The first-order valence-corrected chi connectivity index (χ1v) is 3.65. The number of benzene rings is 1. The van der Waals surface area contributed by atoms with Gasteiger partial charge in [-0.2, -0.15) is 0 Å². The summed E-state index contributed by atoms with van der Waals surface area (Å²) in [5.74, 6) is 1.50. The summed E-state index contributed by atoms with van der Waals surface area (Å²) in [7, 11) is 3.24. The minimum absolute atomic E-state index is 0.664. The van der Waals surface area contributed by atoms with Crippen molar-refractivity contribution >= 4 is 5.76 Å². The van der Waals surface area contributed by atoms with E-state index < -0.39 is 0 Å². The predicted octanol–water partition coefficient (Wildman–Crippen LogP) is 2.31. The molecule has 0 heterocycles. The molecule has 0 fully saturated rings. The predicted molar refractivity (Wildman–Crippen MR) is 49.0 cm³/mol. The summed E-state index contributed by atoms with van der Waals surface area (Å²) in [6.07, 6.45) is 0. The Morgan fingerprint density at radius 3 is 2.17 bits per heavy atom. The number of methoxy groups -OCH3 is 2. The van der Waals surface area contributed by atoms with Gasteiger partial charge in [-0.15, -0.1) is 0 Å². The Morgan fingerprint density at radius 1 is 1.17 bits per heavy atom. The van der Waals surface area contributed by atoms with E-state index in [2.05, 4.69) is 6.58 Å². The lowest BCUT2D eigenvalue weighted by molar-refractivity contribution is 0.371. The Hall–Kier alpha value is -1.44. The minimum Gasteiger partial charge on any atom is -0.497 e. The average Bonchev–Trinajstić information content (AvgIpc) is 2.17. The summed E-state index contributed by atoms with van der Waals surface area (Å²) < 4.78 is 9.99. The van der Waals surface area contributed by atoms with Crippen LogP contribution in [0, 0.1) is 0 Å². The zero-order chi connectivity index (χ0) is 8.97. The fourth-order valence-corrected chi connectivity index (χ4v) is 0.895. The zero-order valence-corrected chi connectivity index (χ0v) is 7.33. The number of hydrogen-bond donors (Lipinski definition) is 0. The van der Waals surface area contributed by atoms with Crippen LogP contribution in [0.3, 0.4) is 0 Å². The highest BCUT2D eigenvalue weighted by atomic mass is 16.5. The maximum Gasteiger partial charge on any atom is 0.118 e. The van der Waals surface area contributed by atoms with Gasteiger partial charge in [-0.25, -0.2) is 0 Å². The summed E-state index contributed by atoms with van der Waals surface area (Å²) in [5.41, 5.74) is 0.971. The van der Waals surface area contributed by atoms with Crippen molar-refractivity contribution in [3.63, 3.8) is 0 Å². The summed E-state index contributed by atoms with van der Waals surface area (Å²) in [4.78, 5) is 0. The monoisotopic (exact) mass is 164 g/mol. The Bertz CT molecular complexity index is 262. The van der Waals surface area contributed by atoms with E-state index in [1.807, 2.05) is 24.3 Å². The normalized spacial score (nSPS) is 9.17. The van der Waals surface area contributed by atoms with E-state index in [1.165, 1.54) is 0 Å². The zero-order valence-electron chi connectivity index (χ0n) is 7.33. The van der Waals surface area contributed by atoms with Crippen LogP contribution in [0.25, 0.3) is 5.76 Å². The van der Waals surface area contributed by atoms with Gasteiger partial charge in [0.25, 0.3) is 0 Å². The SMILES string of the molecule is C=C(OC)c1ccc(OC)cc1. The van der Waals surface area contributed by atoms with Crippen LogP contribution in [0.5, 0.6) is 5.75 Å². The minimum atomic E-state index is 0.664. The molecule has 0 N–H and O–H groups in total. The van der Waals surface area contributed by atoms with Gasteiger partial charge in [-0.05, 0) is 24.3 Å². The molecule has 0 aliphatic rings. The highest BCUT2D eigenvalue weighted by Crippen LogP contribution is 2.16. The van der Waals surface area contributed by atoms with Crippen molar-refractivity contribution in [2.75, 3.05) is 14.2 Å². The van der Waals surface area contributed by atoms with Crippen molar-refractivity contribution in [2.24, 2.45) is 0 Å². The smallest absolute Gasteiger partial charge is 0.118 e. The molecule has 0 spiro atoms. The van der Waals surface area contributed by atoms with Crippen LogP contribution >= 0.6 is 0 Å². The fraction of sp³-hybridized carbons (Fsp3) is 0.200. The molecule has 0 aliphatic heterocycles. The molecule has 0 radical (unpaired) electrons. The fourth-order valence-electron chi connectivity index (χ4n) is 0.895. The van der Waals surface area contributed by atoms with Gasteiger partial charge >= 0.3 is 0 Å². The first kappa shape index (κ1) is 8.65. The molecular formula is C10H12O2. The highest BCUT2D eigenvalue weighted by molar-refractivity contribution is 5.57.